The lowest BCUT2D eigenvalue weighted by Gasteiger charge is -2.26. The molecule has 134 valence electrons. The molecule has 1 amide bonds. The molecule has 0 spiro atoms. The molecule has 0 radical (unpaired) electrons. The third kappa shape index (κ3) is 4.94. The Hall–Kier alpha value is -2.11. The number of hydrogen-bond acceptors (Lipinski definition) is 3. The van der Waals surface area contributed by atoms with Gasteiger partial charge in [-0.2, -0.15) is 0 Å². The summed E-state index contributed by atoms with van der Waals surface area (Å²) < 4.78 is 1.48. The second-order valence-electron chi connectivity index (χ2n) is 6.23. The van der Waals surface area contributed by atoms with Crippen LogP contribution >= 0.6 is 11.6 Å². The topological polar surface area (TPSA) is 77.1 Å². The third-order valence-corrected chi connectivity index (χ3v) is 4.92. The number of hydrogen-bond donors (Lipinski definition) is 2. The van der Waals surface area contributed by atoms with E-state index in [1.54, 1.807) is 12.3 Å². The highest BCUT2D eigenvalue weighted by Gasteiger charge is 2.21. The number of carbonyl (C=O) groups excluding carboxylic acids is 1. The van der Waals surface area contributed by atoms with Crippen molar-refractivity contribution in [2.75, 3.05) is 6.54 Å². The molecule has 0 fully saturated rings. The summed E-state index contributed by atoms with van der Waals surface area (Å²) in [7, 11) is 0. The average molecular weight is 362 g/mol. The molecule has 25 heavy (non-hydrogen) atoms. The number of nitrogens with one attached hydrogen (secondary N) is 1. The van der Waals surface area contributed by atoms with Crippen LogP contribution in [0.25, 0.3) is 0 Å². The van der Waals surface area contributed by atoms with E-state index in [1.807, 2.05) is 32.0 Å². The fourth-order valence-corrected chi connectivity index (χ4v) is 2.65. The minimum absolute atomic E-state index is 0.188. The van der Waals surface area contributed by atoms with E-state index in [-0.39, 0.29) is 11.5 Å². The maximum Gasteiger partial charge on any atom is 0.252 e. The molecule has 0 saturated heterocycles. The first-order valence-corrected chi connectivity index (χ1v) is 8.77. The lowest BCUT2D eigenvalue weighted by atomic mass is 9.94. The van der Waals surface area contributed by atoms with Crippen molar-refractivity contribution in [3.8, 4) is 0 Å². The molecular formula is C19H24ClN3O2. The molecule has 0 bridgehead atoms. The van der Waals surface area contributed by atoms with Gasteiger partial charge in [-0.05, 0) is 30.5 Å². The van der Waals surface area contributed by atoms with Gasteiger partial charge in [0.25, 0.3) is 11.5 Å². The van der Waals surface area contributed by atoms with E-state index in [9.17, 15) is 9.59 Å². The maximum absolute atomic E-state index is 12.4. The molecule has 3 N–H and O–H groups in total. The van der Waals surface area contributed by atoms with Gasteiger partial charge in [0, 0.05) is 29.4 Å². The summed E-state index contributed by atoms with van der Waals surface area (Å²) in [6, 6.07) is 10.2. The van der Waals surface area contributed by atoms with Gasteiger partial charge in [0.2, 0.25) is 0 Å². The number of aromatic nitrogens is 1. The molecule has 0 unspecified atom stereocenters. The number of halogens is 1. The summed E-state index contributed by atoms with van der Waals surface area (Å²) in [6.45, 7) is 4.70. The minimum Gasteiger partial charge on any atom is -0.350 e. The van der Waals surface area contributed by atoms with Gasteiger partial charge < -0.3 is 15.6 Å². The minimum atomic E-state index is -0.415. The number of rotatable bonds is 7. The fourth-order valence-electron chi connectivity index (χ4n) is 2.46. The van der Waals surface area contributed by atoms with Crippen LogP contribution in [-0.4, -0.2) is 22.6 Å². The van der Waals surface area contributed by atoms with E-state index in [4.69, 9.17) is 17.3 Å². The van der Waals surface area contributed by atoms with Crippen molar-refractivity contribution in [3.05, 3.63) is 69.1 Å². The predicted molar refractivity (Wildman–Crippen MR) is 101 cm³/mol. The van der Waals surface area contributed by atoms with Crippen molar-refractivity contribution in [1.82, 2.24) is 9.88 Å². The first-order valence-electron chi connectivity index (χ1n) is 8.39. The predicted octanol–water partition coefficient (Wildman–Crippen LogP) is 2.80. The van der Waals surface area contributed by atoms with Gasteiger partial charge in [-0.3, -0.25) is 9.59 Å². The summed E-state index contributed by atoms with van der Waals surface area (Å²) >= 11 is 6.15. The Morgan fingerprint density at radius 3 is 2.52 bits per heavy atom. The summed E-state index contributed by atoms with van der Waals surface area (Å²) in [5.41, 5.74) is 6.85. The van der Waals surface area contributed by atoms with Gasteiger partial charge in [0.1, 0.15) is 0 Å². The highest BCUT2D eigenvalue weighted by atomic mass is 35.5. The monoisotopic (exact) mass is 361 g/mol. The molecule has 0 saturated carbocycles. The first kappa shape index (κ1) is 19.2. The van der Waals surface area contributed by atoms with Crippen LogP contribution in [0.5, 0.6) is 0 Å². The van der Waals surface area contributed by atoms with Gasteiger partial charge >= 0.3 is 0 Å². The Balaban J connectivity index is 2.17. The SMILES string of the molecule is CCC(N)(CC)CNC(=O)c1ccc(=O)n(Cc2ccccc2Cl)c1. The number of amides is 1. The molecule has 6 heteroatoms. The van der Waals surface area contributed by atoms with E-state index in [1.165, 1.54) is 16.7 Å². The third-order valence-electron chi connectivity index (χ3n) is 4.55. The molecule has 0 aliphatic carbocycles. The summed E-state index contributed by atoms with van der Waals surface area (Å²) in [6.07, 6.45) is 3.10. The maximum atomic E-state index is 12.4. The number of pyridine rings is 1. The highest BCUT2D eigenvalue weighted by molar-refractivity contribution is 6.31. The van der Waals surface area contributed by atoms with E-state index < -0.39 is 5.54 Å². The molecule has 0 atom stereocenters. The van der Waals surface area contributed by atoms with Crippen LogP contribution in [0.1, 0.15) is 42.6 Å². The van der Waals surface area contributed by atoms with E-state index >= 15 is 0 Å². The van der Waals surface area contributed by atoms with Crippen LogP contribution < -0.4 is 16.6 Å². The van der Waals surface area contributed by atoms with Crippen molar-refractivity contribution in [2.24, 2.45) is 5.73 Å². The van der Waals surface area contributed by atoms with Crippen LogP contribution in [0.3, 0.4) is 0 Å². The van der Waals surface area contributed by atoms with Crippen LogP contribution in [-0.2, 0) is 6.54 Å². The lowest BCUT2D eigenvalue weighted by molar-refractivity contribution is 0.0941. The molecule has 1 heterocycles. The van der Waals surface area contributed by atoms with Gasteiger partial charge in [-0.1, -0.05) is 43.6 Å². The van der Waals surface area contributed by atoms with Gasteiger partial charge in [-0.25, -0.2) is 0 Å². The fraction of sp³-hybridized carbons (Fsp3) is 0.368. The Labute approximate surface area is 152 Å². The Morgan fingerprint density at radius 1 is 1.20 bits per heavy atom. The van der Waals surface area contributed by atoms with Crippen LogP contribution in [0.15, 0.2) is 47.4 Å². The quantitative estimate of drug-likeness (QED) is 0.796. The lowest BCUT2D eigenvalue weighted by Crippen LogP contribution is -2.49. The Bertz CT molecular complexity index is 797. The number of nitrogens with two attached hydrogens (primary N) is 1. The zero-order chi connectivity index (χ0) is 18.4. The van der Waals surface area contributed by atoms with Crippen molar-refractivity contribution in [3.63, 3.8) is 0 Å². The second kappa shape index (κ2) is 8.32. The second-order valence-corrected chi connectivity index (χ2v) is 6.63. The van der Waals surface area contributed by atoms with E-state index in [0.717, 1.165) is 18.4 Å². The summed E-state index contributed by atoms with van der Waals surface area (Å²) in [5.74, 6) is -0.246. The largest absolute Gasteiger partial charge is 0.350 e. The van der Waals surface area contributed by atoms with Gasteiger partial charge in [-0.15, -0.1) is 0 Å². The highest BCUT2D eigenvalue weighted by Crippen LogP contribution is 2.16. The van der Waals surface area contributed by atoms with E-state index in [0.29, 0.717) is 23.7 Å². The van der Waals surface area contributed by atoms with Crippen molar-refractivity contribution >= 4 is 17.5 Å². The Kier molecular flexibility index (Phi) is 6.39. The number of nitrogens with zero attached hydrogens (tertiary/aromatic N) is 1. The van der Waals surface area contributed by atoms with Gasteiger partial charge in [0.15, 0.2) is 0 Å². The van der Waals surface area contributed by atoms with Crippen molar-refractivity contribution in [2.45, 2.75) is 38.8 Å². The van der Waals surface area contributed by atoms with Crippen LogP contribution in [0.4, 0.5) is 0 Å². The van der Waals surface area contributed by atoms with E-state index in [2.05, 4.69) is 5.32 Å². The van der Waals surface area contributed by atoms with Crippen LogP contribution in [0, 0.1) is 0 Å². The zero-order valence-electron chi connectivity index (χ0n) is 14.6. The van der Waals surface area contributed by atoms with Crippen molar-refractivity contribution < 1.29 is 4.79 Å². The molecular weight excluding hydrogens is 338 g/mol. The molecule has 0 aliphatic heterocycles. The molecule has 2 rings (SSSR count). The van der Waals surface area contributed by atoms with Crippen molar-refractivity contribution in [1.29, 1.82) is 0 Å². The number of benzene rings is 1. The van der Waals surface area contributed by atoms with Crippen LogP contribution in [0.2, 0.25) is 5.02 Å². The molecule has 1 aromatic heterocycles. The molecule has 0 aliphatic rings. The first-order chi connectivity index (χ1) is 11.9. The standard InChI is InChI=1S/C19H24ClN3O2/c1-3-19(21,4-2)13-22-18(25)15-9-10-17(24)23(12-15)11-14-7-5-6-8-16(14)20/h5-10,12H,3-4,11,13,21H2,1-2H3,(H,22,25). The zero-order valence-corrected chi connectivity index (χ0v) is 15.3. The number of carbonyl (C=O) groups is 1. The summed E-state index contributed by atoms with van der Waals surface area (Å²) in [5, 5.41) is 3.44. The normalized spacial score (nSPS) is 11.4. The van der Waals surface area contributed by atoms with Gasteiger partial charge in [0.05, 0.1) is 12.1 Å². The molecule has 1 aromatic carbocycles. The Morgan fingerprint density at radius 2 is 1.88 bits per heavy atom. The average Bonchev–Trinajstić information content (AvgIpc) is 2.63. The summed E-state index contributed by atoms with van der Waals surface area (Å²) in [4.78, 5) is 24.5. The smallest absolute Gasteiger partial charge is 0.252 e. The molecule has 2 aromatic rings. The molecule has 5 nitrogen and oxygen atoms in total.